The first-order chi connectivity index (χ1) is 44.3. The van der Waals surface area contributed by atoms with Crippen molar-refractivity contribution in [2.75, 3.05) is 68.9 Å². The Balaban J connectivity index is 0.739. The summed E-state index contributed by atoms with van der Waals surface area (Å²) in [5.74, 6) is 0.815. The second-order valence-corrected chi connectivity index (χ2v) is 27.3. The molecule has 4 amide bonds. The molecule has 17 nitrogen and oxygen atoms in total. The van der Waals surface area contributed by atoms with Crippen LogP contribution < -0.4 is 25.6 Å². The molecule has 7 aromatic rings. The lowest BCUT2D eigenvalue weighted by Crippen LogP contribution is -2.34. The lowest BCUT2D eigenvalue weighted by Gasteiger charge is -2.27. The van der Waals surface area contributed by atoms with Crippen LogP contribution in [0.1, 0.15) is 149 Å². The van der Waals surface area contributed by atoms with E-state index in [9.17, 15) is 27.4 Å². The van der Waals surface area contributed by atoms with Gasteiger partial charge in [-0.1, -0.05) is 93.9 Å². The van der Waals surface area contributed by atoms with Gasteiger partial charge in [-0.2, -0.15) is 13.0 Å². The predicted molar refractivity (Wildman–Crippen MR) is 367 cm³/mol. The van der Waals surface area contributed by atoms with Crippen molar-refractivity contribution in [1.82, 2.24) is 35.4 Å². The van der Waals surface area contributed by atoms with Crippen LogP contribution >= 0.6 is 0 Å². The molecule has 3 aromatic heterocycles. The molecular formula is C74H87N10O7S+. The quantitative estimate of drug-likeness (QED) is 0.0173. The molecule has 0 saturated carbocycles. The number of carbonyl (C=O) groups is 3. The van der Waals surface area contributed by atoms with E-state index < -0.39 is 15.5 Å². The minimum atomic E-state index is -4.18. The van der Waals surface area contributed by atoms with Crippen LogP contribution in [0.2, 0.25) is 0 Å². The number of pyridine rings is 3. The number of amides is 4. The maximum Gasteiger partial charge on any atom is 0.320 e. The zero-order valence-corrected chi connectivity index (χ0v) is 55.0. The fourth-order valence-corrected chi connectivity index (χ4v) is 14.5. The Labute approximate surface area is 541 Å². The minimum absolute atomic E-state index is 0.0167. The second-order valence-electron chi connectivity index (χ2n) is 25.7. The van der Waals surface area contributed by atoms with E-state index in [4.69, 9.17) is 14.7 Å². The van der Waals surface area contributed by atoms with Gasteiger partial charge in [0.2, 0.25) is 17.5 Å². The smallest absolute Gasteiger partial charge is 0.320 e. The number of aromatic nitrogens is 3. The van der Waals surface area contributed by atoms with Crippen LogP contribution in [0.3, 0.4) is 0 Å². The maximum atomic E-state index is 13.7. The number of fused-ring (bicyclic) bond motifs is 7. The number of hydrogen-bond donors (Lipinski definition) is 4. The molecular weight excluding hydrogens is 1170 g/mol. The van der Waals surface area contributed by atoms with E-state index in [0.717, 1.165) is 112 Å². The van der Waals surface area contributed by atoms with Gasteiger partial charge in [0, 0.05) is 123 Å². The lowest BCUT2D eigenvalue weighted by atomic mass is 9.79. The standard InChI is InChI=1S/C74H86N10O7S/c1-8-40-83-62-33-27-51-19-11-13-22-58(51)68(62)73(3,4)64(83)35-29-53(30-36-65-74(5,6)69-59-23-14-12-20-52(59)28-34-63(69)84(65)42-18-45-92(88,89)90)60-32-26-56(48-77-60)71(86)76-38-15-9-10-25-66(85)78-49-57-46-54-21-16-39-75-70(54)80-61(57)24-17-41-81-43-44-82(72(81)87)50(2)55-31-37-67(91-7)79-47-55/h11-14,19-20,22-23,26-37,46-48,50H,8-10,15-18,21,24-25,38-45,49H2,1-7H3,(H3-,75,76,78,80,85,86,88,89,90)/p+1/t50-/m0/s1. The number of hydrogen-bond acceptors (Lipinski definition) is 11. The first kappa shape index (κ1) is 64.8. The average molecular weight is 1260 g/mol. The highest BCUT2D eigenvalue weighted by atomic mass is 32.2. The molecule has 1 saturated heterocycles. The van der Waals surface area contributed by atoms with Crippen LogP contribution in [0.25, 0.3) is 27.1 Å². The third-order valence-electron chi connectivity index (χ3n) is 18.8. The number of unbranched alkanes of at least 4 members (excludes halogenated alkanes) is 2. The van der Waals surface area contributed by atoms with Crippen LogP contribution in [0.5, 0.6) is 5.88 Å². The molecule has 18 heteroatoms. The summed E-state index contributed by atoms with van der Waals surface area (Å²) in [7, 11) is -2.60. The van der Waals surface area contributed by atoms with Gasteiger partial charge in [0.05, 0.1) is 35.6 Å². The fraction of sp³-hybridized carbons (Fsp3) is 0.392. The Bertz CT molecular complexity index is 4160. The minimum Gasteiger partial charge on any atom is -0.481 e. The van der Waals surface area contributed by atoms with Crippen molar-refractivity contribution >= 4 is 78.0 Å². The molecule has 4 aromatic carbocycles. The van der Waals surface area contributed by atoms with Crippen LogP contribution in [0.15, 0.2) is 146 Å². The number of allylic oxidation sites excluding steroid dienone is 6. The highest BCUT2D eigenvalue weighted by molar-refractivity contribution is 7.85. The molecule has 4 aliphatic rings. The van der Waals surface area contributed by atoms with E-state index in [2.05, 4.69) is 156 Å². The number of ether oxygens (including phenoxy) is 1. The fourth-order valence-electron chi connectivity index (χ4n) is 14.0. The molecule has 92 heavy (non-hydrogen) atoms. The third-order valence-corrected chi connectivity index (χ3v) is 19.6. The highest BCUT2D eigenvalue weighted by Crippen LogP contribution is 2.51. The van der Waals surface area contributed by atoms with Gasteiger partial charge in [0.25, 0.3) is 16.0 Å². The normalized spacial score (nSPS) is 16.8. The van der Waals surface area contributed by atoms with E-state index in [1.807, 2.05) is 53.1 Å². The van der Waals surface area contributed by atoms with Gasteiger partial charge in [-0.05, 0) is 152 Å². The van der Waals surface area contributed by atoms with Crippen molar-refractivity contribution in [3.8, 4) is 5.88 Å². The SMILES string of the molecule is CCCN1/C(=C/C=C(/C=C/C2=[N+](CCCS(=O)(=O)O)c3ccc4ccccc4c3C2(C)C)c2ccc(C(=O)NCCCCCC(=O)NCc3cc4c(nc3CCCN3CCN([C@@H](C)c5ccc(OC)nc5)C3=O)NCCC4)cn2)C(C)(C)c2c1ccc1ccccc21. The molecule has 4 aliphatic heterocycles. The molecule has 0 unspecified atom stereocenters. The number of nitrogens with zero attached hydrogens (tertiary/aromatic N) is 7. The maximum absolute atomic E-state index is 13.7. The summed E-state index contributed by atoms with van der Waals surface area (Å²) in [6, 6.07) is 35.1. The molecule has 0 radical (unpaired) electrons. The van der Waals surface area contributed by atoms with E-state index >= 15 is 0 Å². The largest absolute Gasteiger partial charge is 0.481 e. The third kappa shape index (κ3) is 14.0. The van der Waals surface area contributed by atoms with E-state index in [-0.39, 0.29) is 41.5 Å². The number of urea groups is 1. The molecule has 11 rings (SSSR count). The summed E-state index contributed by atoms with van der Waals surface area (Å²) in [5.41, 5.74) is 11.9. The summed E-state index contributed by atoms with van der Waals surface area (Å²) in [6.45, 7) is 18.0. The summed E-state index contributed by atoms with van der Waals surface area (Å²) in [4.78, 5) is 61.2. The Morgan fingerprint density at radius 3 is 2.35 bits per heavy atom. The Hall–Kier alpha value is -8.74. The summed E-state index contributed by atoms with van der Waals surface area (Å²) >= 11 is 0. The van der Waals surface area contributed by atoms with Crippen molar-refractivity contribution in [2.24, 2.45) is 0 Å². The number of nitrogens with one attached hydrogen (secondary N) is 3. The van der Waals surface area contributed by atoms with Gasteiger partial charge in [0.15, 0.2) is 5.71 Å². The van der Waals surface area contributed by atoms with E-state index in [1.165, 1.54) is 22.0 Å². The molecule has 7 heterocycles. The van der Waals surface area contributed by atoms with Crippen molar-refractivity contribution in [3.05, 3.63) is 190 Å². The van der Waals surface area contributed by atoms with Crippen LogP contribution in [0.4, 0.5) is 22.0 Å². The van der Waals surface area contributed by atoms with Crippen molar-refractivity contribution in [1.29, 1.82) is 0 Å². The topological polar surface area (TPSA) is 202 Å². The Kier molecular flexibility index (Phi) is 19.7. The lowest BCUT2D eigenvalue weighted by molar-refractivity contribution is -0.437. The molecule has 0 aliphatic carbocycles. The highest BCUT2D eigenvalue weighted by Gasteiger charge is 2.46. The van der Waals surface area contributed by atoms with Crippen LogP contribution in [0, 0.1) is 0 Å². The molecule has 4 N–H and O–H groups in total. The van der Waals surface area contributed by atoms with Gasteiger partial charge < -0.3 is 35.4 Å². The summed E-state index contributed by atoms with van der Waals surface area (Å²) < 4.78 is 41.3. The Morgan fingerprint density at radius 2 is 1.62 bits per heavy atom. The summed E-state index contributed by atoms with van der Waals surface area (Å²) in [5, 5.41) is 14.4. The number of carbonyl (C=O) groups excluding carboxylic acids is 3. The number of anilines is 2. The molecule has 1 atom stereocenters. The van der Waals surface area contributed by atoms with Gasteiger partial charge in [-0.25, -0.2) is 14.8 Å². The second kappa shape index (κ2) is 28.0. The first-order valence-electron chi connectivity index (χ1n) is 32.7. The molecule has 480 valence electrons. The van der Waals surface area contributed by atoms with Crippen molar-refractivity contribution in [3.63, 3.8) is 0 Å². The van der Waals surface area contributed by atoms with Gasteiger partial charge in [-0.15, -0.1) is 0 Å². The predicted octanol–water partition coefficient (Wildman–Crippen LogP) is 13.0. The van der Waals surface area contributed by atoms with Crippen molar-refractivity contribution < 1.29 is 36.7 Å². The monoisotopic (exact) mass is 1260 g/mol. The number of benzene rings is 4. The average Bonchev–Trinajstić information content (AvgIpc) is 1.58. The Morgan fingerprint density at radius 1 is 0.848 bits per heavy atom. The van der Waals surface area contributed by atoms with Gasteiger partial charge in [-0.3, -0.25) is 19.1 Å². The zero-order chi connectivity index (χ0) is 64.7. The number of rotatable bonds is 26. The first-order valence-corrected chi connectivity index (χ1v) is 34.3. The zero-order valence-electron chi connectivity index (χ0n) is 54.2. The van der Waals surface area contributed by atoms with Gasteiger partial charge >= 0.3 is 6.03 Å². The number of aryl methyl sites for hydroxylation is 2. The van der Waals surface area contributed by atoms with E-state index in [1.54, 1.807) is 19.5 Å². The van der Waals surface area contributed by atoms with Crippen LogP contribution in [-0.4, -0.2) is 125 Å². The molecule has 1 fully saturated rings. The van der Waals surface area contributed by atoms with E-state index in [0.29, 0.717) is 82.1 Å². The molecule has 0 spiro atoms. The number of methoxy groups -OCH3 is 1. The van der Waals surface area contributed by atoms with Gasteiger partial charge in [0.1, 0.15) is 12.4 Å². The van der Waals surface area contributed by atoms with Crippen LogP contribution in [-0.2, 0) is 45.1 Å². The molecule has 0 bridgehead atoms. The van der Waals surface area contributed by atoms with Crippen molar-refractivity contribution in [2.45, 2.75) is 129 Å². The summed E-state index contributed by atoms with van der Waals surface area (Å²) in [6.07, 6.45) is 18.9.